The zero-order valence-electron chi connectivity index (χ0n) is 10.4. The van der Waals surface area contributed by atoms with Crippen LogP contribution in [0.1, 0.15) is 24.1 Å². The fourth-order valence-electron chi connectivity index (χ4n) is 2.16. The summed E-state index contributed by atoms with van der Waals surface area (Å²) in [5.41, 5.74) is 0. The minimum Gasteiger partial charge on any atom is -0.395 e. The summed E-state index contributed by atoms with van der Waals surface area (Å²) < 4.78 is 29.4. The number of nitrogens with one attached hydrogen (secondary N) is 1. The van der Waals surface area contributed by atoms with Gasteiger partial charge in [0.25, 0.3) is 10.2 Å². The zero-order chi connectivity index (χ0) is 13.9. The van der Waals surface area contributed by atoms with Crippen molar-refractivity contribution in [2.24, 2.45) is 0 Å². The standard InChI is InChI=1S/C11H17BrN2O3S2/c12-9-5-11(18-8-9)6-13-19(16,17)14-4-2-1-3-10(14)7-15/h5,8,10,13,15H,1-4,6-7H2. The Morgan fingerprint density at radius 1 is 1.53 bits per heavy atom. The van der Waals surface area contributed by atoms with Crippen LogP contribution in [-0.4, -0.2) is 37.0 Å². The highest BCUT2D eigenvalue weighted by Crippen LogP contribution is 2.22. The number of piperidine rings is 1. The van der Waals surface area contributed by atoms with E-state index in [0.29, 0.717) is 6.54 Å². The van der Waals surface area contributed by atoms with Crippen LogP contribution in [0, 0.1) is 0 Å². The molecule has 0 spiro atoms. The van der Waals surface area contributed by atoms with Gasteiger partial charge in [0.1, 0.15) is 0 Å². The summed E-state index contributed by atoms with van der Waals surface area (Å²) in [5, 5.41) is 11.2. The van der Waals surface area contributed by atoms with Gasteiger partial charge < -0.3 is 5.11 Å². The van der Waals surface area contributed by atoms with Crippen LogP contribution >= 0.6 is 27.3 Å². The summed E-state index contributed by atoms with van der Waals surface area (Å²) in [6, 6.07) is 1.61. The van der Waals surface area contributed by atoms with E-state index in [9.17, 15) is 13.5 Å². The molecule has 0 amide bonds. The summed E-state index contributed by atoms with van der Waals surface area (Å²) in [7, 11) is -3.52. The Morgan fingerprint density at radius 3 is 2.95 bits per heavy atom. The van der Waals surface area contributed by atoms with Gasteiger partial charge in [-0.15, -0.1) is 11.3 Å². The van der Waals surface area contributed by atoms with Gasteiger partial charge in [-0.05, 0) is 34.8 Å². The third-order valence-corrected chi connectivity index (χ3v) is 6.45. The van der Waals surface area contributed by atoms with E-state index in [1.54, 1.807) is 0 Å². The molecule has 2 N–H and O–H groups in total. The van der Waals surface area contributed by atoms with Crippen LogP contribution in [0.3, 0.4) is 0 Å². The van der Waals surface area contributed by atoms with E-state index >= 15 is 0 Å². The van der Waals surface area contributed by atoms with Crippen LogP contribution in [0.5, 0.6) is 0 Å². The lowest BCUT2D eigenvalue weighted by Crippen LogP contribution is -2.50. The highest BCUT2D eigenvalue weighted by molar-refractivity contribution is 9.10. The largest absolute Gasteiger partial charge is 0.395 e. The van der Waals surface area contributed by atoms with Crippen LogP contribution in [0.25, 0.3) is 0 Å². The minimum atomic E-state index is -3.52. The van der Waals surface area contributed by atoms with E-state index < -0.39 is 10.2 Å². The van der Waals surface area contributed by atoms with Crippen molar-refractivity contribution >= 4 is 37.5 Å². The lowest BCUT2D eigenvalue weighted by Gasteiger charge is -2.33. The van der Waals surface area contributed by atoms with Gasteiger partial charge in [-0.3, -0.25) is 0 Å². The topological polar surface area (TPSA) is 69.6 Å². The Hall–Kier alpha value is 0.01000. The summed E-state index contributed by atoms with van der Waals surface area (Å²) in [6.45, 7) is 0.646. The van der Waals surface area contributed by atoms with Crippen LogP contribution in [0.4, 0.5) is 0 Å². The molecule has 8 heteroatoms. The molecule has 0 bridgehead atoms. The van der Waals surface area contributed by atoms with Crippen molar-refractivity contribution < 1.29 is 13.5 Å². The van der Waals surface area contributed by atoms with Gasteiger partial charge in [-0.2, -0.15) is 17.4 Å². The molecule has 1 unspecified atom stereocenters. The molecule has 0 aromatic carbocycles. The van der Waals surface area contributed by atoms with Crippen molar-refractivity contribution in [1.82, 2.24) is 9.03 Å². The van der Waals surface area contributed by atoms with E-state index in [2.05, 4.69) is 20.7 Å². The van der Waals surface area contributed by atoms with Crippen LogP contribution in [0.15, 0.2) is 15.9 Å². The molecule has 1 aromatic rings. The fourth-order valence-corrected chi connectivity index (χ4v) is 5.08. The Balaban J connectivity index is 2.00. The first-order valence-electron chi connectivity index (χ1n) is 6.13. The normalized spacial score (nSPS) is 21.7. The number of nitrogens with zero attached hydrogens (tertiary/aromatic N) is 1. The molecule has 1 fully saturated rings. The molecule has 0 radical (unpaired) electrons. The quantitative estimate of drug-likeness (QED) is 0.830. The van der Waals surface area contributed by atoms with Crippen LogP contribution in [0.2, 0.25) is 0 Å². The van der Waals surface area contributed by atoms with Gasteiger partial charge in [-0.25, -0.2) is 0 Å². The number of hydrogen-bond donors (Lipinski definition) is 2. The van der Waals surface area contributed by atoms with E-state index in [0.717, 1.165) is 28.6 Å². The second-order valence-corrected chi connectivity index (χ2v) is 8.12. The van der Waals surface area contributed by atoms with Gasteiger partial charge in [0, 0.05) is 33.9 Å². The van der Waals surface area contributed by atoms with E-state index in [4.69, 9.17) is 0 Å². The van der Waals surface area contributed by atoms with Gasteiger partial charge in [0.2, 0.25) is 0 Å². The van der Waals surface area contributed by atoms with Crippen molar-refractivity contribution in [3.05, 3.63) is 20.8 Å². The Labute approximate surface area is 125 Å². The Morgan fingerprint density at radius 2 is 2.32 bits per heavy atom. The molecule has 0 aliphatic carbocycles. The first-order valence-corrected chi connectivity index (χ1v) is 9.24. The van der Waals surface area contributed by atoms with Crippen molar-refractivity contribution in [3.8, 4) is 0 Å². The number of thiophene rings is 1. The first-order chi connectivity index (χ1) is 9.03. The average Bonchev–Trinajstić information content (AvgIpc) is 2.82. The average molecular weight is 369 g/mol. The molecule has 1 aliphatic rings. The SMILES string of the molecule is O=S(=O)(NCc1cc(Br)cs1)N1CCCCC1CO. The number of halogens is 1. The molecule has 2 heterocycles. The molecule has 19 heavy (non-hydrogen) atoms. The zero-order valence-corrected chi connectivity index (χ0v) is 13.6. The van der Waals surface area contributed by atoms with Gasteiger partial charge in [0.15, 0.2) is 0 Å². The van der Waals surface area contributed by atoms with Crippen molar-refractivity contribution in [3.63, 3.8) is 0 Å². The predicted molar refractivity (Wildman–Crippen MR) is 79.2 cm³/mol. The molecule has 108 valence electrons. The number of aliphatic hydroxyl groups is 1. The molecule has 0 saturated carbocycles. The van der Waals surface area contributed by atoms with Crippen molar-refractivity contribution in [1.29, 1.82) is 0 Å². The Kier molecular flexibility index (Phi) is 5.38. The van der Waals surface area contributed by atoms with Crippen LogP contribution in [-0.2, 0) is 16.8 Å². The third kappa shape index (κ3) is 3.99. The Bertz CT molecular complexity index is 518. The molecule has 1 aliphatic heterocycles. The smallest absolute Gasteiger partial charge is 0.280 e. The third-order valence-electron chi connectivity index (χ3n) is 3.14. The maximum absolute atomic E-state index is 12.2. The molecule has 1 saturated heterocycles. The van der Waals surface area contributed by atoms with E-state index in [-0.39, 0.29) is 19.2 Å². The summed E-state index contributed by atoms with van der Waals surface area (Å²) in [4.78, 5) is 0.952. The van der Waals surface area contributed by atoms with Gasteiger partial charge in [0.05, 0.1) is 6.61 Å². The van der Waals surface area contributed by atoms with Crippen molar-refractivity contribution in [2.45, 2.75) is 31.8 Å². The maximum Gasteiger partial charge on any atom is 0.280 e. The fraction of sp³-hybridized carbons (Fsp3) is 0.636. The monoisotopic (exact) mass is 368 g/mol. The summed E-state index contributed by atoms with van der Waals surface area (Å²) >= 11 is 4.84. The van der Waals surface area contributed by atoms with Gasteiger partial charge in [-0.1, -0.05) is 6.42 Å². The maximum atomic E-state index is 12.2. The lowest BCUT2D eigenvalue weighted by molar-refractivity contribution is 0.154. The number of rotatable bonds is 5. The summed E-state index contributed by atoms with van der Waals surface area (Å²) in [5.74, 6) is 0. The first kappa shape index (κ1) is 15.4. The second-order valence-electron chi connectivity index (χ2n) is 4.50. The lowest BCUT2D eigenvalue weighted by atomic mass is 10.1. The highest BCUT2D eigenvalue weighted by Gasteiger charge is 2.31. The molecule has 2 rings (SSSR count). The van der Waals surface area contributed by atoms with E-state index in [1.807, 2.05) is 11.4 Å². The molecule has 5 nitrogen and oxygen atoms in total. The predicted octanol–water partition coefficient (Wildman–Crippen LogP) is 1.69. The molecular formula is C11H17BrN2O3S2. The number of hydrogen-bond acceptors (Lipinski definition) is 4. The highest BCUT2D eigenvalue weighted by atomic mass is 79.9. The number of aliphatic hydroxyl groups excluding tert-OH is 1. The second kappa shape index (κ2) is 6.64. The molecular weight excluding hydrogens is 352 g/mol. The summed E-state index contributed by atoms with van der Waals surface area (Å²) in [6.07, 6.45) is 2.54. The van der Waals surface area contributed by atoms with E-state index in [1.165, 1.54) is 15.6 Å². The molecule has 1 atom stereocenters. The molecule has 1 aromatic heterocycles. The van der Waals surface area contributed by atoms with Crippen molar-refractivity contribution in [2.75, 3.05) is 13.2 Å². The van der Waals surface area contributed by atoms with Gasteiger partial charge >= 0.3 is 0 Å². The minimum absolute atomic E-state index is 0.120. The van der Waals surface area contributed by atoms with Crippen LogP contribution < -0.4 is 4.72 Å².